The van der Waals surface area contributed by atoms with Crippen molar-refractivity contribution in [1.82, 2.24) is 5.32 Å². The van der Waals surface area contributed by atoms with Crippen molar-refractivity contribution < 1.29 is 13.2 Å². The first-order valence-electron chi connectivity index (χ1n) is 8.09. The molecular formula is C19H23NO3S. The Kier molecular flexibility index (Phi) is 6.55. The number of aryl methyl sites for hydroxylation is 1. The van der Waals surface area contributed by atoms with Crippen LogP contribution in [0.1, 0.15) is 30.5 Å². The van der Waals surface area contributed by atoms with Crippen LogP contribution < -0.4 is 5.32 Å². The van der Waals surface area contributed by atoms with Gasteiger partial charge in [0.1, 0.15) is 5.75 Å². The summed E-state index contributed by atoms with van der Waals surface area (Å²) in [6, 6.07) is 19.5. The van der Waals surface area contributed by atoms with Crippen LogP contribution in [0.3, 0.4) is 0 Å². The van der Waals surface area contributed by atoms with Gasteiger partial charge in [-0.25, -0.2) is 8.42 Å². The first-order valence-corrected chi connectivity index (χ1v) is 9.91. The van der Waals surface area contributed by atoms with Gasteiger partial charge in [-0.05, 0) is 24.0 Å². The van der Waals surface area contributed by atoms with E-state index in [0.717, 1.165) is 12.0 Å². The number of carbonyl (C=O) groups excluding carboxylic acids is 1. The molecule has 0 aliphatic heterocycles. The van der Waals surface area contributed by atoms with E-state index in [4.69, 9.17) is 0 Å². The van der Waals surface area contributed by atoms with Gasteiger partial charge in [-0.15, -0.1) is 0 Å². The predicted molar refractivity (Wildman–Crippen MR) is 96.4 cm³/mol. The predicted octanol–water partition coefficient (Wildman–Crippen LogP) is 2.91. The number of rotatable bonds is 8. The fraction of sp³-hybridized carbons (Fsp3) is 0.316. The Morgan fingerprint density at radius 1 is 1.00 bits per heavy atom. The molecule has 0 saturated heterocycles. The quantitative estimate of drug-likeness (QED) is 0.800. The zero-order chi connectivity index (χ0) is 17.4. The number of nitrogens with one attached hydrogen (secondary N) is 1. The molecule has 2 aromatic carbocycles. The minimum Gasteiger partial charge on any atom is -0.348 e. The van der Waals surface area contributed by atoms with Crippen molar-refractivity contribution in [2.75, 3.05) is 11.5 Å². The molecule has 0 radical (unpaired) electrons. The number of sulfone groups is 1. The van der Waals surface area contributed by atoms with E-state index in [1.54, 1.807) is 6.92 Å². The van der Waals surface area contributed by atoms with E-state index >= 15 is 0 Å². The lowest BCUT2D eigenvalue weighted by Gasteiger charge is -2.19. The van der Waals surface area contributed by atoms with Crippen LogP contribution in [0.15, 0.2) is 60.7 Å². The smallest absolute Gasteiger partial charge is 0.235 e. The van der Waals surface area contributed by atoms with Gasteiger partial charge in [0.15, 0.2) is 9.84 Å². The second kappa shape index (κ2) is 8.64. The molecule has 0 aliphatic carbocycles. The van der Waals surface area contributed by atoms with Crippen LogP contribution in [0, 0.1) is 0 Å². The Morgan fingerprint density at radius 3 is 2.17 bits per heavy atom. The molecule has 2 aromatic rings. The average Bonchev–Trinajstić information content (AvgIpc) is 2.60. The van der Waals surface area contributed by atoms with Crippen LogP contribution in [-0.2, 0) is 21.1 Å². The van der Waals surface area contributed by atoms with Gasteiger partial charge in [-0.3, -0.25) is 4.79 Å². The summed E-state index contributed by atoms with van der Waals surface area (Å²) in [4.78, 5) is 12.1. The first-order chi connectivity index (χ1) is 11.5. The highest BCUT2D eigenvalue weighted by molar-refractivity contribution is 7.92. The summed E-state index contributed by atoms with van der Waals surface area (Å²) in [6.45, 7) is 1.55. The van der Waals surface area contributed by atoms with Gasteiger partial charge in [0.2, 0.25) is 5.91 Å². The summed E-state index contributed by atoms with van der Waals surface area (Å²) in [5.41, 5.74) is 2.17. The molecule has 0 heterocycles. The van der Waals surface area contributed by atoms with Crippen LogP contribution in [0.25, 0.3) is 0 Å². The normalized spacial score (nSPS) is 12.5. The third-order valence-electron chi connectivity index (χ3n) is 3.89. The first kappa shape index (κ1) is 18.2. The molecule has 2 rings (SSSR count). The minimum absolute atomic E-state index is 0.0273. The average molecular weight is 345 g/mol. The van der Waals surface area contributed by atoms with Gasteiger partial charge < -0.3 is 5.32 Å². The number of hydrogen-bond acceptors (Lipinski definition) is 3. The van der Waals surface area contributed by atoms with Crippen molar-refractivity contribution in [3.05, 3.63) is 71.8 Å². The van der Waals surface area contributed by atoms with Crippen LogP contribution >= 0.6 is 0 Å². The molecule has 128 valence electrons. The summed E-state index contributed by atoms with van der Waals surface area (Å²) in [5.74, 6) is -0.933. The van der Waals surface area contributed by atoms with E-state index in [1.807, 2.05) is 60.7 Å². The monoisotopic (exact) mass is 345 g/mol. The molecule has 4 nitrogen and oxygen atoms in total. The fourth-order valence-corrected chi connectivity index (χ4v) is 3.19. The molecule has 0 fully saturated rings. The van der Waals surface area contributed by atoms with Crippen LogP contribution in [0.4, 0.5) is 0 Å². The van der Waals surface area contributed by atoms with E-state index < -0.39 is 21.5 Å². The largest absolute Gasteiger partial charge is 0.348 e. The van der Waals surface area contributed by atoms with E-state index in [9.17, 15) is 13.2 Å². The second-order valence-electron chi connectivity index (χ2n) is 5.73. The Morgan fingerprint density at radius 2 is 1.58 bits per heavy atom. The van der Waals surface area contributed by atoms with Crippen molar-refractivity contribution in [2.24, 2.45) is 0 Å². The fourth-order valence-electron chi connectivity index (χ4n) is 2.50. The van der Waals surface area contributed by atoms with Gasteiger partial charge in [0.05, 0.1) is 6.04 Å². The highest BCUT2D eigenvalue weighted by Crippen LogP contribution is 2.19. The Balaban J connectivity index is 2.07. The molecule has 1 unspecified atom stereocenters. The summed E-state index contributed by atoms with van der Waals surface area (Å²) >= 11 is 0. The lowest BCUT2D eigenvalue weighted by atomic mass is 9.99. The Bertz CT molecular complexity index is 743. The molecule has 0 aromatic heterocycles. The van der Waals surface area contributed by atoms with E-state index in [2.05, 4.69) is 5.32 Å². The van der Waals surface area contributed by atoms with Crippen molar-refractivity contribution in [2.45, 2.75) is 25.8 Å². The molecule has 5 heteroatoms. The molecule has 0 spiro atoms. The van der Waals surface area contributed by atoms with Crippen molar-refractivity contribution in [3.63, 3.8) is 0 Å². The van der Waals surface area contributed by atoms with Crippen LogP contribution in [-0.4, -0.2) is 25.8 Å². The topological polar surface area (TPSA) is 63.2 Å². The number of hydrogen-bond donors (Lipinski definition) is 1. The van der Waals surface area contributed by atoms with Crippen molar-refractivity contribution >= 4 is 15.7 Å². The molecule has 1 atom stereocenters. The molecule has 1 amide bonds. The molecule has 0 aliphatic rings. The zero-order valence-electron chi connectivity index (χ0n) is 13.8. The number of carbonyl (C=O) groups is 1. The van der Waals surface area contributed by atoms with Gasteiger partial charge in [-0.2, -0.15) is 0 Å². The number of benzene rings is 2. The molecule has 0 saturated carbocycles. The lowest BCUT2D eigenvalue weighted by molar-refractivity contribution is -0.119. The third-order valence-corrected chi connectivity index (χ3v) is 5.47. The summed E-state index contributed by atoms with van der Waals surface area (Å²) in [5, 5.41) is 2.88. The van der Waals surface area contributed by atoms with Crippen molar-refractivity contribution in [3.8, 4) is 0 Å². The summed E-state index contributed by atoms with van der Waals surface area (Å²) in [6.07, 6.45) is 1.52. The lowest BCUT2D eigenvalue weighted by Crippen LogP contribution is -2.34. The molecule has 0 bridgehead atoms. The highest BCUT2D eigenvalue weighted by atomic mass is 32.2. The SMILES string of the molecule is CCS(=O)(=O)CC(=O)NC(CCc1ccccc1)c1ccccc1. The standard InChI is InChI=1S/C19H23NO3S/c1-2-24(22,23)15-19(21)20-18(17-11-7-4-8-12-17)14-13-16-9-5-3-6-10-16/h3-12,18H,2,13-15H2,1H3,(H,20,21). The highest BCUT2D eigenvalue weighted by Gasteiger charge is 2.19. The maximum absolute atomic E-state index is 12.1. The van der Waals surface area contributed by atoms with Crippen molar-refractivity contribution in [1.29, 1.82) is 0 Å². The third kappa shape index (κ3) is 5.81. The second-order valence-corrected chi connectivity index (χ2v) is 8.08. The van der Waals surface area contributed by atoms with E-state index in [1.165, 1.54) is 5.56 Å². The van der Waals surface area contributed by atoms with Gasteiger partial charge >= 0.3 is 0 Å². The zero-order valence-corrected chi connectivity index (χ0v) is 14.6. The molecular weight excluding hydrogens is 322 g/mol. The van der Waals surface area contributed by atoms with Crippen LogP contribution in [0.2, 0.25) is 0 Å². The Labute approximate surface area is 143 Å². The summed E-state index contributed by atoms with van der Waals surface area (Å²) in [7, 11) is -3.33. The molecule has 24 heavy (non-hydrogen) atoms. The van der Waals surface area contributed by atoms with E-state index in [-0.39, 0.29) is 11.8 Å². The maximum Gasteiger partial charge on any atom is 0.235 e. The van der Waals surface area contributed by atoms with Gasteiger partial charge in [-0.1, -0.05) is 67.6 Å². The van der Waals surface area contributed by atoms with Gasteiger partial charge in [0, 0.05) is 5.75 Å². The Hall–Kier alpha value is -2.14. The van der Waals surface area contributed by atoms with Gasteiger partial charge in [0.25, 0.3) is 0 Å². The number of amides is 1. The molecule has 1 N–H and O–H groups in total. The summed E-state index contributed by atoms with van der Waals surface area (Å²) < 4.78 is 23.3. The van der Waals surface area contributed by atoms with E-state index in [0.29, 0.717) is 6.42 Å². The van der Waals surface area contributed by atoms with Crippen LogP contribution in [0.5, 0.6) is 0 Å². The minimum atomic E-state index is -3.33. The maximum atomic E-state index is 12.1.